The number of likely N-dealkylation sites (N-methyl/N-ethyl adjacent to an activating group) is 1. The molecule has 1 saturated carbocycles. The number of ether oxygens (including phenoxy) is 1. The van der Waals surface area contributed by atoms with E-state index in [-0.39, 0.29) is 36.4 Å². The molecule has 0 aromatic heterocycles. The molecule has 136 valence electrons. The molecule has 0 saturated heterocycles. The van der Waals surface area contributed by atoms with Gasteiger partial charge in [-0.1, -0.05) is 6.92 Å². The third kappa shape index (κ3) is 11.6. The summed E-state index contributed by atoms with van der Waals surface area (Å²) >= 11 is 0. The molecule has 23 heavy (non-hydrogen) atoms. The van der Waals surface area contributed by atoms with Crippen LogP contribution >= 0.6 is 24.0 Å². The number of carbonyl (C=O) groups is 1. The lowest BCUT2D eigenvalue weighted by Crippen LogP contribution is -2.43. The number of amides is 1. The molecule has 1 rings (SSSR count). The van der Waals surface area contributed by atoms with Gasteiger partial charge in [-0.2, -0.15) is 0 Å². The molecule has 0 bridgehead atoms. The maximum absolute atomic E-state index is 11.6. The molecule has 1 aliphatic rings. The molecule has 1 atom stereocenters. The highest BCUT2D eigenvalue weighted by Crippen LogP contribution is 2.28. The molecule has 1 fully saturated rings. The maximum atomic E-state index is 11.6. The molecule has 2 N–H and O–H groups in total. The fraction of sp³-hybridized carbons (Fsp3) is 0.875. The Morgan fingerprint density at radius 3 is 2.65 bits per heavy atom. The van der Waals surface area contributed by atoms with Gasteiger partial charge in [-0.25, -0.2) is 4.99 Å². The number of hydrogen-bond acceptors (Lipinski definition) is 3. The maximum Gasteiger partial charge on any atom is 0.243 e. The highest BCUT2D eigenvalue weighted by Gasteiger charge is 2.20. The van der Waals surface area contributed by atoms with E-state index in [0.717, 1.165) is 38.5 Å². The van der Waals surface area contributed by atoms with E-state index < -0.39 is 0 Å². The molecule has 0 aromatic rings. The molecule has 1 amide bonds. The van der Waals surface area contributed by atoms with Crippen molar-refractivity contribution in [2.45, 2.75) is 45.6 Å². The van der Waals surface area contributed by atoms with E-state index in [0.29, 0.717) is 12.0 Å². The van der Waals surface area contributed by atoms with Crippen molar-refractivity contribution in [3.63, 3.8) is 0 Å². The van der Waals surface area contributed by atoms with Crippen molar-refractivity contribution in [1.82, 2.24) is 15.5 Å². The average Bonchev–Trinajstić information content (AvgIpc) is 3.31. The first-order chi connectivity index (χ1) is 10.5. The van der Waals surface area contributed by atoms with Crippen molar-refractivity contribution in [2.75, 3.05) is 40.4 Å². The topological polar surface area (TPSA) is 66.0 Å². The first-order valence-corrected chi connectivity index (χ1v) is 8.35. The van der Waals surface area contributed by atoms with Crippen LogP contribution in [-0.2, 0) is 9.53 Å². The number of hydrogen-bond donors (Lipinski definition) is 2. The normalized spacial score (nSPS) is 15.6. The lowest BCUT2D eigenvalue weighted by molar-refractivity contribution is -0.127. The largest absolute Gasteiger partial charge is 0.381 e. The zero-order chi connectivity index (χ0) is 16.4. The third-order valence-electron chi connectivity index (χ3n) is 3.68. The van der Waals surface area contributed by atoms with Crippen molar-refractivity contribution < 1.29 is 9.53 Å². The van der Waals surface area contributed by atoms with Gasteiger partial charge >= 0.3 is 0 Å². The molecule has 1 aliphatic carbocycles. The molecule has 0 aliphatic heterocycles. The summed E-state index contributed by atoms with van der Waals surface area (Å²) in [5.74, 6) is 1.51. The Morgan fingerprint density at radius 2 is 2.09 bits per heavy atom. The summed E-state index contributed by atoms with van der Waals surface area (Å²) in [6.07, 6.45) is 4.60. The van der Waals surface area contributed by atoms with Gasteiger partial charge in [0.2, 0.25) is 5.91 Å². The van der Waals surface area contributed by atoms with Crippen molar-refractivity contribution in [3.8, 4) is 0 Å². The smallest absolute Gasteiger partial charge is 0.243 e. The van der Waals surface area contributed by atoms with E-state index in [1.165, 1.54) is 12.8 Å². The number of guanidine groups is 1. The molecule has 0 heterocycles. The molecular weight excluding hydrogens is 407 g/mol. The minimum absolute atomic E-state index is 0. The quantitative estimate of drug-likeness (QED) is 0.236. The van der Waals surface area contributed by atoms with Gasteiger partial charge in [-0.05, 0) is 38.5 Å². The molecule has 0 aromatic carbocycles. The summed E-state index contributed by atoms with van der Waals surface area (Å²) in [5.41, 5.74) is 0. The van der Waals surface area contributed by atoms with Gasteiger partial charge in [0, 0.05) is 39.9 Å². The van der Waals surface area contributed by atoms with E-state index >= 15 is 0 Å². The minimum Gasteiger partial charge on any atom is -0.381 e. The van der Waals surface area contributed by atoms with Gasteiger partial charge in [0.15, 0.2) is 5.96 Å². The van der Waals surface area contributed by atoms with E-state index in [1.54, 1.807) is 19.0 Å². The molecular formula is C16H33IN4O2. The second kappa shape index (κ2) is 12.8. The van der Waals surface area contributed by atoms with Crippen LogP contribution in [0.25, 0.3) is 0 Å². The number of carbonyl (C=O) groups excluding carboxylic acids is 1. The van der Waals surface area contributed by atoms with Crippen LogP contribution in [0.2, 0.25) is 0 Å². The standard InChI is InChI=1S/C16H32N4O2.HI/c1-5-13(2)19-16(18-11-15(21)20(3)4)17-9-6-10-22-12-14-7-8-14;/h13-14H,5-12H2,1-4H3,(H2,17,18,19);1H. The minimum atomic E-state index is -0.00183. The molecule has 0 spiro atoms. The highest BCUT2D eigenvalue weighted by molar-refractivity contribution is 14.0. The first-order valence-electron chi connectivity index (χ1n) is 8.35. The van der Waals surface area contributed by atoms with E-state index in [2.05, 4.69) is 29.5 Å². The Balaban J connectivity index is 0.00000484. The molecule has 0 radical (unpaired) electrons. The van der Waals surface area contributed by atoms with Gasteiger partial charge in [-0.15, -0.1) is 24.0 Å². The lowest BCUT2D eigenvalue weighted by atomic mass is 10.3. The summed E-state index contributed by atoms with van der Waals surface area (Å²) in [6.45, 7) is 6.86. The summed E-state index contributed by atoms with van der Waals surface area (Å²) in [7, 11) is 3.48. The van der Waals surface area contributed by atoms with E-state index in [1.807, 2.05) is 0 Å². The summed E-state index contributed by atoms with van der Waals surface area (Å²) < 4.78 is 5.61. The monoisotopic (exact) mass is 440 g/mol. The van der Waals surface area contributed by atoms with Gasteiger partial charge in [-0.3, -0.25) is 4.79 Å². The predicted molar refractivity (Wildman–Crippen MR) is 105 cm³/mol. The fourth-order valence-electron chi connectivity index (χ4n) is 1.69. The zero-order valence-electron chi connectivity index (χ0n) is 14.9. The van der Waals surface area contributed by atoms with Crippen molar-refractivity contribution in [2.24, 2.45) is 10.9 Å². The van der Waals surface area contributed by atoms with Crippen LogP contribution in [0.4, 0.5) is 0 Å². The second-order valence-electron chi connectivity index (χ2n) is 6.21. The van der Waals surface area contributed by atoms with Gasteiger partial charge in [0.05, 0.1) is 0 Å². The van der Waals surface area contributed by atoms with Crippen LogP contribution in [0.5, 0.6) is 0 Å². The summed E-state index contributed by atoms with van der Waals surface area (Å²) in [5, 5.41) is 6.58. The van der Waals surface area contributed by atoms with Gasteiger partial charge < -0.3 is 20.3 Å². The Morgan fingerprint density at radius 1 is 1.39 bits per heavy atom. The third-order valence-corrected chi connectivity index (χ3v) is 3.68. The number of rotatable bonds is 10. The fourth-order valence-corrected chi connectivity index (χ4v) is 1.69. The SMILES string of the molecule is CCC(C)NC(=NCC(=O)N(C)C)NCCCOCC1CC1.I. The van der Waals surface area contributed by atoms with Crippen LogP contribution in [-0.4, -0.2) is 63.2 Å². The van der Waals surface area contributed by atoms with E-state index in [9.17, 15) is 4.79 Å². The van der Waals surface area contributed by atoms with Crippen LogP contribution in [0.3, 0.4) is 0 Å². The van der Waals surface area contributed by atoms with Crippen LogP contribution in [0, 0.1) is 5.92 Å². The van der Waals surface area contributed by atoms with Crippen molar-refractivity contribution in [1.29, 1.82) is 0 Å². The van der Waals surface area contributed by atoms with E-state index in [4.69, 9.17) is 4.74 Å². The first kappa shape index (κ1) is 22.4. The Bertz CT molecular complexity index is 360. The Hall–Kier alpha value is -0.570. The average molecular weight is 440 g/mol. The predicted octanol–water partition coefficient (Wildman–Crippen LogP) is 1.84. The number of halogens is 1. The Labute approximate surface area is 157 Å². The van der Waals surface area contributed by atoms with Gasteiger partial charge in [0.25, 0.3) is 0 Å². The van der Waals surface area contributed by atoms with Crippen molar-refractivity contribution in [3.05, 3.63) is 0 Å². The van der Waals surface area contributed by atoms with Crippen LogP contribution in [0.15, 0.2) is 4.99 Å². The summed E-state index contributed by atoms with van der Waals surface area (Å²) in [6, 6.07) is 0.326. The lowest BCUT2D eigenvalue weighted by Gasteiger charge is -2.17. The summed E-state index contributed by atoms with van der Waals surface area (Å²) in [4.78, 5) is 17.5. The Kier molecular flexibility index (Phi) is 12.5. The molecule has 7 heteroatoms. The second-order valence-corrected chi connectivity index (χ2v) is 6.21. The highest BCUT2D eigenvalue weighted by atomic mass is 127. The number of aliphatic imine (C=N–C) groups is 1. The number of nitrogens with one attached hydrogen (secondary N) is 2. The zero-order valence-corrected chi connectivity index (χ0v) is 17.3. The van der Waals surface area contributed by atoms with Crippen LogP contribution < -0.4 is 10.6 Å². The molecule has 6 nitrogen and oxygen atoms in total. The van der Waals surface area contributed by atoms with Crippen LogP contribution in [0.1, 0.15) is 39.5 Å². The van der Waals surface area contributed by atoms with Gasteiger partial charge in [0.1, 0.15) is 6.54 Å². The molecule has 1 unspecified atom stereocenters. The number of nitrogens with zero attached hydrogens (tertiary/aromatic N) is 2. The van der Waals surface area contributed by atoms with Crippen molar-refractivity contribution >= 4 is 35.8 Å².